The highest BCUT2D eigenvalue weighted by molar-refractivity contribution is 7.98. The minimum absolute atomic E-state index is 0.0390. The minimum Gasteiger partial charge on any atom is -0.508 e. The highest BCUT2D eigenvalue weighted by Crippen LogP contribution is 2.11. The fourth-order valence-corrected chi connectivity index (χ4v) is 3.69. The molecule has 15 heteroatoms. The first-order chi connectivity index (χ1) is 17.8. The van der Waals surface area contributed by atoms with Gasteiger partial charge in [0.25, 0.3) is 0 Å². The van der Waals surface area contributed by atoms with Crippen LogP contribution in [-0.4, -0.2) is 92.2 Å². The largest absolute Gasteiger partial charge is 0.508 e. The summed E-state index contributed by atoms with van der Waals surface area (Å²) >= 11 is 1.37. The van der Waals surface area contributed by atoms with Crippen molar-refractivity contribution in [3.05, 3.63) is 29.8 Å². The van der Waals surface area contributed by atoms with Crippen molar-refractivity contribution in [1.29, 1.82) is 0 Å². The zero-order valence-electron chi connectivity index (χ0n) is 20.6. The van der Waals surface area contributed by atoms with E-state index in [1.807, 2.05) is 5.32 Å². The fourth-order valence-electron chi connectivity index (χ4n) is 3.22. The molecule has 0 bridgehead atoms. The molecule has 0 spiro atoms. The Bertz CT molecular complexity index is 1000. The van der Waals surface area contributed by atoms with E-state index in [1.54, 1.807) is 18.4 Å². The summed E-state index contributed by atoms with van der Waals surface area (Å²) < 4.78 is 0. The maximum Gasteiger partial charge on any atom is 0.326 e. The second kappa shape index (κ2) is 16.1. The second-order valence-electron chi connectivity index (χ2n) is 8.31. The third-order valence-electron chi connectivity index (χ3n) is 5.25. The van der Waals surface area contributed by atoms with Crippen LogP contribution in [0.2, 0.25) is 0 Å². The van der Waals surface area contributed by atoms with Crippen LogP contribution in [0.5, 0.6) is 5.75 Å². The molecule has 14 nitrogen and oxygen atoms in total. The van der Waals surface area contributed by atoms with E-state index in [9.17, 15) is 44.1 Å². The fraction of sp³-hybridized carbons (Fsp3) is 0.478. The Labute approximate surface area is 222 Å². The summed E-state index contributed by atoms with van der Waals surface area (Å²) in [6.07, 6.45) is 0.0435. The number of rotatable bonds is 17. The van der Waals surface area contributed by atoms with Crippen LogP contribution in [0, 0.1) is 0 Å². The number of carbonyl (C=O) groups is 6. The zero-order valence-corrected chi connectivity index (χ0v) is 21.4. The number of phenolic OH excluding ortho intramolecular Hbond substituents is 1. The van der Waals surface area contributed by atoms with Crippen LogP contribution in [0.4, 0.5) is 0 Å². The lowest BCUT2D eigenvalue weighted by atomic mass is 10.0. The van der Waals surface area contributed by atoms with E-state index in [1.165, 1.54) is 23.9 Å². The predicted octanol–water partition coefficient (Wildman–Crippen LogP) is -1.11. The molecule has 1 aromatic rings. The van der Waals surface area contributed by atoms with E-state index in [-0.39, 0.29) is 18.6 Å². The van der Waals surface area contributed by atoms with Crippen LogP contribution in [0.25, 0.3) is 0 Å². The summed E-state index contributed by atoms with van der Waals surface area (Å²) in [4.78, 5) is 71.7. The summed E-state index contributed by atoms with van der Waals surface area (Å²) in [6, 6.07) is 0.438. The first-order valence-electron chi connectivity index (χ1n) is 11.4. The second-order valence-corrected chi connectivity index (χ2v) is 9.30. The molecular weight excluding hydrogens is 524 g/mol. The van der Waals surface area contributed by atoms with Gasteiger partial charge in [-0.3, -0.25) is 24.0 Å². The lowest BCUT2D eigenvalue weighted by Gasteiger charge is -2.24. The number of nitrogens with two attached hydrogens (primary N) is 1. The molecule has 0 aliphatic rings. The number of carboxylic acid groups (broad SMARTS) is 3. The van der Waals surface area contributed by atoms with Gasteiger partial charge in [-0.05, 0) is 49.0 Å². The van der Waals surface area contributed by atoms with Gasteiger partial charge < -0.3 is 42.1 Å². The van der Waals surface area contributed by atoms with Crippen LogP contribution in [0.3, 0.4) is 0 Å². The zero-order chi connectivity index (χ0) is 28.8. The monoisotopic (exact) mass is 556 g/mol. The van der Waals surface area contributed by atoms with Gasteiger partial charge in [-0.2, -0.15) is 11.8 Å². The quantitative estimate of drug-likeness (QED) is 0.114. The van der Waals surface area contributed by atoms with Crippen molar-refractivity contribution < 1.29 is 49.2 Å². The van der Waals surface area contributed by atoms with Crippen LogP contribution >= 0.6 is 11.8 Å². The van der Waals surface area contributed by atoms with Crippen molar-refractivity contribution in [3.63, 3.8) is 0 Å². The standard InChI is InChI=1S/C23H32N4O10S/c1-38-9-8-15(25-20(33)14(24)10-12-2-4-13(28)5-3-12)21(34)27-17(11-19(31)32)22(35)26-16(23(36)37)6-7-18(29)30/h2-5,14-17,28H,6-11,24H2,1H3,(H,25,33)(H,26,35)(H,27,34)(H,29,30)(H,31,32)(H,36,37). The Morgan fingerprint density at radius 1 is 0.816 bits per heavy atom. The molecule has 0 radical (unpaired) electrons. The van der Waals surface area contributed by atoms with Gasteiger partial charge in [0.15, 0.2) is 0 Å². The first kappa shape index (κ1) is 32.2. The Morgan fingerprint density at radius 3 is 1.89 bits per heavy atom. The van der Waals surface area contributed by atoms with Crippen LogP contribution in [0.1, 0.15) is 31.2 Å². The van der Waals surface area contributed by atoms with E-state index >= 15 is 0 Å². The summed E-state index contributed by atoms with van der Waals surface area (Å²) in [5.41, 5.74) is 6.62. The third kappa shape index (κ3) is 11.9. The van der Waals surface area contributed by atoms with E-state index in [0.29, 0.717) is 11.3 Å². The highest BCUT2D eigenvalue weighted by Gasteiger charge is 2.31. The van der Waals surface area contributed by atoms with E-state index in [4.69, 9.17) is 10.8 Å². The predicted molar refractivity (Wildman–Crippen MR) is 135 cm³/mol. The minimum atomic E-state index is -1.70. The molecule has 0 saturated carbocycles. The molecule has 0 aromatic heterocycles. The van der Waals surface area contributed by atoms with Crippen molar-refractivity contribution >= 4 is 47.4 Å². The number of carbonyl (C=O) groups excluding carboxylic acids is 3. The number of aliphatic carboxylic acids is 3. The number of phenols is 1. The van der Waals surface area contributed by atoms with Crippen molar-refractivity contribution in [2.45, 2.75) is 56.3 Å². The smallest absolute Gasteiger partial charge is 0.326 e. The first-order valence-corrected chi connectivity index (χ1v) is 12.8. The molecule has 3 amide bonds. The molecule has 4 atom stereocenters. The molecule has 210 valence electrons. The van der Waals surface area contributed by atoms with Crippen LogP contribution in [0.15, 0.2) is 24.3 Å². The van der Waals surface area contributed by atoms with Gasteiger partial charge in [0.05, 0.1) is 12.5 Å². The summed E-state index contributed by atoms with van der Waals surface area (Å²) in [7, 11) is 0. The van der Waals surface area contributed by atoms with Gasteiger partial charge in [-0.25, -0.2) is 4.79 Å². The van der Waals surface area contributed by atoms with Crippen molar-refractivity contribution in [2.24, 2.45) is 5.73 Å². The number of thioether (sulfide) groups is 1. The van der Waals surface area contributed by atoms with Crippen molar-refractivity contribution in [1.82, 2.24) is 16.0 Å². The Morgan fingerprint density at radius 2 is 1.37 bits per heavy atom. The highest BCUT2D eigenvalue weighted by atomic mass is 32.2. The number of hydrogen-bond acceptors (Lipinski definition) is 9. The number of benzene rings is 1. The summed E-state index contributed by atoms with van der Waals surface area (Å²) in [5.74, 6) is -6.55. The van der Waals surface area contributed by atoms with Gasteiger partial charge in [-0.15, -0.1) is 0 Å². The Kier molecular flexibility index (Phi) is 13.6. The van der Waals surface area contributed by atoms with Crippen molar-refractivity contribution in [3.8, 4) is 5.75 Å². The number of nitrogens with one attached hydrogen (secondary N) is 3. The summed E-state index contributed by atoms with van der Waals surface area (Å²) in [5, 5.41) is 43.4. The number of amides is 3. The molecule has 1 rings (SSSR count). The molecule has 9 N–H and O–H groups in total. The lowest BCUT2D eigenvalue weighted by molar-refractivity contribution is -0.144. The van der Waals surface area contributed by atoms with Crippen LogP contribution < -0.4 is 21.7 Å². The topological polar surface area (TPSA) is 245 Å². The van der Waals surface area contributed by atoms with E-state index < -0.39 is 79.1 Å². The van der Waals surface area contributed by atoms with Crippen LogP contribution in [-0.2, 0) is 35.2 Å². The molecule has 0 heterocycles. The van der Waals surface area contributed by atoms with Gasteiger partial charge >= 0.3 is 17.9 Å². The Hall–Kier alpha value is -3.85. The Balaban J connectivity index is 2.95. The molecule has 1 aromatic carbocycles. The van der Waals surface area contributed by atoms with Gasteiger partial charge in [-0.1, -0.05) is 12.1 Å². The average molecular weight is 557 g/mol. The molecule has 4 unspecified atom stereocenters. The molecule has 0 fully saturated rings. The van der Waals surface area contributed by atoms with Gasteiger partial charge in [0.2, 0.25) is 17.7 Å². The van der Waals surface area contributed by atoms with Gasteiger partial charge in [0.1, 0.15) is 23.9 Å². The van der Waals surface area contributed by atoms with Crippen molar-refractivity contribution in [2.75, 3.05) is 12.0 Å². The molecule has 0 saturated heterocycles. The number of hydrogen-bond donors (Lipinski definition) is 8. The number of carboxylic acids is 3. The molecular formula is C23H32N4O10S. The maximum absolute atomic E-state index is 13.0. The number of aromatic hydroxyl groups is 1. The average Bonchev–Trinajstić information content (AvgIpc) is 2.84. The molecule has 0 aliphatic carbocycles. The SMILES string of the molecule is CSCCC(NC(=O)C(N)Cc1ccc(O)cc1)C(=O)NC(CC(=O)O)C(=O)NC(CCC(=O)O)C(=O)O. The summed E-state index contributed by atoms with van der Waals surface area (Å²) in [6.45, 7) is 0. The van der Waals surface area contributed by atoms with Gasteiger partial charge in [0, 0.05) is 6.42 Å². The van der Waals surface area contributed by atoms with E-state index in [2.05, 4.69) is 10.6 Å². The third-order valence-corrected chi connectivity index (χ3v) is 5.89. The maximum atomic E-state index is 13.0. The lowest BCUT2D eigenvalue weighted by Crippen LogP contribution is -2.57. The molecule has 38 heavy (non-hydrogen) atoms. The molecule has 0 aliphatic heterocycles. The van der Waals surface area contributed by atoms with E-state index in [0.717, 1.165) is 0 Å². The normalized spacial score (nSPS) is 13.8.